The molecule has 5 rings (SSSR count). The third-order valence-corrected chi connectivity index (χ3v) is 7.68. The first-order valence-electron chi connectivity index (χ1n) is 14.2. The minimum absolute atomic E-state index is 0.779. The highest BCUT2D eigenvalue weighted by atomic mass is 14.7. The van der Waals surface area contributed by atoms with Crippen molar-refractivity contribution in [3.05, 3.63) is 150 Å². The van der Waals surface area contributed by atoms with Crippen LogP contribution in [0.5, 0.6) is 0 Å². The van der Waals surface area contributed by atoms with E-state index >= 15 is 0 Å². The number of aliphatic imine (C=N–C) groups is 1. The van der Waals surface area contributed by atoms with E-state index in [1.165, 1.54) is 50.1 Å². The number of nitrogens with zero attached hydrogens (tertiary/aromatic N) is 1. The molecule has 0 heterocycles. The molecule has 0 aliphatic rings. The molecule has 40 heavy (non-hydrogen) atoms. The molecule has 0 amide bonds. The van der Waals surface area contributed by atoms with Crippen molar-refractivity contribution in [2.75, 3.05) is 0 Å². The highest BCUT2D eigenvalue weighted by Crippen LogP contribution is 2.37. The molecule has 0 saturated heterocycles. The molecule has 0 fully saturated rings. The van der Waals surface area contributed by atoms with Crippen molar-refractivity contribution >= 4 is 11.4 Å². The van der Waals surface area contributed by atoms with E-state index in [9.17, 15) is 0 Å². The van der Waals surface area contributed by atoms with E-state index in [-0.39, 0.29) is 0 Å². The number of hydrogen-bond donors (Lipinski definition) is 0. The Kier molecular flexibility index (Phi) is 8.22. The molecule has 0 aromatic heterocycles. The van der Waals surface area contributed by atoms with E-state index in [2.05, 4.69) is 112 Å². The van der Waals surface area contributed by atoms with E-state index in [1.54, 1.807) is 0 Å². The van der Waals surface area contributed by atoms with Crippen LogP contribution in [-0.4, -0.2) is 5.71 Å². The van der Waals surface area contributed by atoms with Gasteiger partial charge in [0.15, 0.2) is 0 Å². The zero-order valence-electron chi connectivity index (χ0n) is 24.0. The summed E-state index contributed by atoms with van der Waals surface area (Å²) >= 11 is 0. The lowest BCUT2D eigenvalue weighted by Crippen LogP contribution is -1.97. The molecular formula is C39H37N. The third-order valence-electron chi connectivity index (χ3n) is 7.68. The quantitative estimate of drug-likeness (QED) is 0.181. The summed E-state index contributed by atoms with van der Waals surface area (Å²) in [4.78, 5) is 4.78. The van der Waals surface area contributed by atoms with E-state index < -0.39 is 0 Å². The maximum atomic E-state index is 4.78. The second-order valence-electron chi connectivity index (χ2n) is 10.5. The zero-order valence-corrected chi connectivity index (χ0v) is 24.0. The van der Waals surface area contributed by atoms with Gasteiger partial charge in [0.2, 0.25) is 0 Å². The second-order valence-corrected chi connectivity index (χ2v) is 10.5. The molecule has 0 spiro atoms. The lowest BCUT2D eigenvalue weighted by molar-refractivity contribution is 0.925. The Morgan fingerprint density at radius 2 is 1.23 bits per heavy atom. The van der Waals surface area contributed by atoms with Crippen molar-refractivity contribution in [1.29, 1.82) is 0 Å². The van der Waals surface area contributed by atoms with E-state index in [0.717, 1.165) is 35.4 Å². The maximum Gasteiger partial charge on any atom is 0.0633 e. The van der Waals surface area contributed by atoms with Crippen LogP contribution in [0.1, 0.15) is 48.1 Å². The molecule has 1 nitrogen and oxygen atoms in total. The van der Waals surface area contributed by atoms with Gasteiger partial charge in [-0.25, -0.2) is 0 Å². The van der Waals surface area contributed by atoms with E-state index in [1.807, 2.05) is 37.3 Å². The Balaban J connectivity index is 1.50. The Bertz CT molecular complexity index is 1670. The van der Waals surface area contributed by atoms with Gasteiger partial charge in [-0.2, -0.15) is 0 Å². The molecule has 0 unspecified atom stereocenters. The number of benzene rings is 5. The smallest absolute Gasteiger partial charge is 0.0633 e. The summed E-state index contributed by atoms with van der Waals surface area (Å²) in [5.74, 6) is 0. The van der Waals surface area contributed by atoms with E-state index in [4.69, 9.17) is 4.99 Å². The first-order chi connectivity index (χ1) is 19.5. The number of hydrogen-bond acceptors (Lipinski definition) is 1. The van der Waals surface area contributed by atoms with Gasteiger partial charge in [-0.1, -0.05) is 129 Å². The fraction of sp³-hybridized carbons (Fsp3) is 0.154. The fourth-order valence-corrected chi connectivity index (χ4v) is 5.46. The van der Waals surface area contributed by atoms with Gasteiger partial charge >= 0.3 is 0 Å². The Labute approximate surface area is 239 Å². The summed E-state index contributed by atoms with van der Waals surface area (Å²) in [5, 5.41) is 0. The summed E-state index contributed by atoms with van der Waals surface area (Å²) in [6.07, 6.45) is 2.15. The predicted octanol–water partition coefficient (Wildman–Crippen LogP) is 10.7. The van der Waals surface area contributed by atoms with Crippen LogP contribution < -0.4 is 0 Å². The molecule has 5 aromatic rings. The molecule has 198 valence electrons. The summed E-state index contributed by atoms with van der Waals surface area (Å²) in [6, 6.07) is 41.2. The Morgan fingerprint density at radius 1 is 0.600 bits per heavy atom. The fourth-order valence-electron chi connectivity index (χ4n) is 5.46. The van der Waals surface area contributed by atoms with E-state index in [0.29, 0.717) is 0 Å². The SMILES string of the molecule is C=C(N=C(C)c1ccc(-c2cc(-c3cccc(-c4ccccc4C)c3CCC)ccc2C)cc1)c1ccccc1. The highest BCUT2D eigenvalue weighted by Gasteiger charge is 2.14. The molecule has 0 bridgehead atoms. The average molecular weight is 520 g/mol. The molecule has 0 atom stereocenters. The molecular weight excluding hydrogens is 482 g/mol. The van der Waals surface area contributed by atoms with Gasteiger partial charge in [-0.05, 0) is 94.5 Å². The minimum atomic E-state index is 0.779. The van der Waals surface area contributed by atoms with Crippen LogP contribution in [-0.2, 0) is 6.42 Å². The van der Waals surface area contributed by atoms with Crippen LogP contribution in [0.3, 0.4) is 0 Å². The lowest BCUT2D eigenvalue weighted by atomic mass is 9.86. The van der Waals surface area contributed by atoms with Crippen molar-refractivity contribution in [1.82, 2.24) is 0 Å². The van der Waals surface area contributed by atoms with Crippen LogP contribution in [0.25, 0.3) is 39.1 Å². The van der Waals surface area contributed by atoms with Gasteiger partial charge in [-0.3, -0.25) is 4.99 Å². The highest BCUT2D eigenvalue weighted by molar-refractivity contribution is 6.02. The largest absolute Gasteiger partial charge is 0.253 e. The third kappa shape index (κ3) is 5.75. The minimum Gasteiger partial charge on any atom is -0.253 e. The molecule has 0 aliphatic carbocycles. The first kappa shape index (κ1) is 27.1. The van der Waals surface area contributed by atoms with Gasteiger partial charge in [0, 0.05) is 5.71 Å². The van der Waals surface area contributed by atoms with Crippen molar-refractivity contribution in [2.45, 2.75) is 40.5 Å². The summed E-state index contributed by atoms with van der Waals surface area (Å²) < 4.78 is 0. The number of rotatable bonds is 8. The van der Waals surface area contributed by atoms with Gasteiger partial charge in [0.05, 0.1) is 5.70 Å². The van der Waals surface area contributed by atoms with Gasteiger partial charge < -0.3 is 0 Å². The van der Waals surface area contributed by atoms with Crippen LogP contribution in [0.2, 0.25) is 0 Å². The molecule has 0 radical (unpaired) electrons. The maximum absolute atomic E-state index is 4.78. The lowest BCUT2D eigenvalue weighted by Gasteiger charge is -2.18. The topological polar surface area (TPSA) is 12.4 Å². The van der Waals surface area contributed by atoms with Gasteiger partial charge in [-0.15, -0.1) is 0 Å². The monoisotopic (exact) mass is 519 g/mol. The predicted molar refractivity (Wildman–Crippen MR) is 174 cm³/mol. The molecule has 5 aromatic carbocycles. The van der Waals surface area contributed by atoms with Crippen molar-refractivity contribution in [3.8, 4) is 33.4 Å². The Hall–Kier alpha value is -4.49. The summed E-state index contributed by atoms with van der Waals surface area (Å²) in [6.45, 7) is 12.9. The van der Waals surface area contributed by atoms with Crippen molar-refractivity contribution in [3.63, 3.8) is 0 Å². The normalized spacial score (nSPS) is 11.4. The summed E-state index contributed by atoms with van der Waals surface area (Å²) in [7, 11) is 0. The molecule has 0 N–H and O–H groups in total. The van der Waals surface area contributed by atoms with Crippen LogP contribution in [0.4, 0.5) is 0 Å². The zero-order chi connectivity index (χ0) is 28.1. The average Bonchev–Trinajstić information content (AvgIpc) is 2.99. The molecule has 1 heteroatoms. The number of aryl methyl sites for hydroxylation is 2. The van der Waals surface area contributed by atoms with Crippen molar-refractivity contribution < 1.29 is 0 Å². The summed E-state index contributed by atoms with van der Waals surface area (Å²) in [5.41, 5.74) is 15.6. The van der Waals surface area contributed by atoms with Crippen LogP contribution in [0, 0.1) is 13.8 Å². The van der Waals surface area contributed by atoms with Crippen molar-refractivity contribution in [2.24, 2.45) is 4.99 Å². The van der Waals surface area contributed by atoms with Gasteiger partial charge in [0.1, 0.15) is 0 Å². The van der Waals surface area contributed by atoms with Gasteiger partial charge in [0.25, 0.3) is 0 Å². The molecule has 0 saturated carbocycles. The first-order valence-corrected chi connectivity index (χ1v) is 14.2. The van der Waals surface area contributed by atoms with Crippen LogP contribution in [0.15, 0.2) is 127 Å². The van der Waals surface area contributed by atoms with Crippen LogP contribution >= 0.6 is 0 Å². The Morgan fingerprint density at radius 3 is 1.95 bits per heavy atom. The second kappa shape index (κ2) is 12.1. The molecule has 0 aliphatic heterocycles. The standard InChI is InChI=1S/C39H37N/c1-6-13-37-36(18-12-19-38(37)35-17-11-10-14-27(35)2)34-21-20-28(3)39(26-34)33-24-22-32(23-25-33)30(5)40-29(4)31-15-8-7-9-16-31/h7-12,14-26H,4,6,13H2,1-3,5H3.